The first-order valence-corrected chi connectivity index (χ1v) is 6.80. The van der Waals surface area contributed by atoms with Gasteiger partial charge in [0.2, 0.25) is 0 Å². The van der Waals surface area contributed by atoms with E-state index in [9.17, 15) is 9.90 Å². The molecule has 0 spiro atoms. The Morgan fingerprint density at radius 2 is 2.10 bits per heavy atom. The Kier molecular flexibility index (Phi) is 4.70. The minimum Gasteiger partial charge on any atom is -0.506 e. The molecule has 2 aromatic carbocycles. The lowest BCUT2D eigenvalue weighted by molar-refractivity contribution is 0.0601. The number of hydrogen-bond donors (Lipinski definition) is 2. The fourth-order valence-corrected chi connectivity index (χ4v) is 2.14. The molecule has 0 radical (unpaired) electrons. The number of aryl methyl sites for hydroxylation is 1. The number of ether oxygens (including phenoxy) is 1. The van der Waals surface area contributed by atoms with Crippen LogP contribution in [0.5, 0.6) is 5.75 Å². The van der Waals surface area contributed by atoms with Gasteiger partial charge < -0.3 is 15.2 Å². The number of phenolic OH excluding ortho intramolecular Hbond substituents is 1. The van der Waals surface area contributed by atoms with Crippen molar-refractivity contribution < 1.29 is 14.6 Å². The average molecular weight is 306 g/mol. The number of benzene rings is 2. The van der Waals surface area contributed by atoms with Gasteiger partial charge in [-0.1, -0.05) is 29.8 Å². The predicted molar refractivity (Wildman–Crippen MR) is 83.0 cm³/mol. The Bertz CT molecular complexity index is 671. The fraction of sp³-hybridized carbons (Fsp3) is 0.188. The summed E-state index contributed by atoms with van der Waals surface area (Å²) >= 11 is 5.87. The van der Waals surface area contributed by atoms with Crippen molar-refractivity contribution in [1.29, 1.82) is 0 Å². The topological polar surface area (TPSA) is 58.6 Å². The van der Waals surface area contributed by atoms with Gasteiger partial charge in [-0.3, -0.25) is 0 Å². The monoisotopic (exact) mass is 305 g/mol. The molecule has 0 saturated carbocycles. The van der Waals surface area contributed by atoms with Crippen molar-refractivity contribution in [3.8, 4) is 5.75 Å². The highest BCUT2D eigenvalue weighted by molar-refractivity contribution is 6.32. The SMILES string of the molecule is COC(=O)c1ccc(C)c(NCc2cccc(Cl)c2O)c1. The number of phenols is 1. The molecule has 0 bridgehead atoms. The maximum Gasteiger partial charge on any atom is 0.337 e. The molecule has 0 saturated heterocycles. The van der Waals surface area contributed by atoms with Gasteiger partial charge in [-0.15, -0.1) is 0 Å². The summed E-state index contributed by atoms with van der Waals surface area (Å²) in [5, 5.41) is 13.4. The van der Waals surface area contributed by atoms with Crippen LogP contribution in [0.1, 0.15) is 21.5 Å². The molecule has 0 aromatic heterocycles. The number of methoxy groups -OCH3 is 1. The number of halogens is 1. The number of esters is 1. The van der Waals surface area contributed by atoms with Gasteiger partial charge in [0.05, 0.1) is 17.7 Å². The average Bonchev–Trinajstić information content (AvgIpc) is 2.49. The molecule has 21 heavy (non-hydrogen) atoms. The van der Waals surface area contributed by atoms with Gasteiger partial charge in [0, 0.05) is 17.8 Å². The van der Waals surface area contributed by atoms with Gasteiger partial charge in [-0.2, -0.15) is 0 Å². The summed E-state index contributed by atoms with van der Waals surface area (Å²) in [6.45, 7) is 2.33. The molecule has 2 N–H and O–H groups in total. The lowest BCUT2D eigenvalue weighted by Crippen LogP contribution is -2.05. The van der Waals surface area contributed by atoms with Crippen LogP contribution in [0.4, 0.5) is 5.69 Å². The van der Waals surface area contributed by atoms with E-state index in [2.05, 4.69) is 5.32 Å². The van der Waals surface area contributed by atoms with Gasteiger partial charge in [-0.25, -0.2) is 4.79 Å². The number of carbonyl (C=O) groups is 1. The number of anilines is 1. The van der Waals surface area contributed by atoms with Crippen LogP contribution in [0.15, 0.2) is 36.4 Å². The molecule has 0 aliphatic heterocycles. The van der Waals surface area contributed by atoms with Crippen molar-refractivity contribution in [2.45, 2.75) is 13.5 Å². The van der Waals surface area contributed by atoms with Crippen LogP contribution in [-0.2, 0) is 11.3 Å². The van der Waals surface area contributed by atoms with Crippen molar-refractivity contribution in [2.75, 3.05) is 12.4 Å². The van der Waals surface area contributed by atoms with E-state index in [1.54, 1.807) is 30.3 Å². The highest BCUT2D eigenvalue weighted by Crippen LogP contribution is 2.28. The third kappa shape index (κ3) is 3.47. The molecule has 4 nitrogen and oxygen atoms in total. The molecule has 0 aliphatic rings. The Labute approximate surface area is 128 Å². The smallest absolute Gasteiger partial charge is 0.337 e. The number of para-hydroxylation sites is 1. The van der Waals surface area contributed by atoms with E-state index in [0.29, 0.717) is 22.7 Å². The zero-order valence-corrected chi connectivity index (χ0v) is 12.6. The van der Waals surface area contributed by atoms with Gasteiger partial charge in [-0.05, 0) is 30.7 Å². The molecule has 0 heterocycles. The van der Waals surface area contributed by atoms with Gasteiger partial charge in [0.15, 0.2) is 0 Å². The second-order valence-electron chi connectivity index (χ2n) is 4.62. The highest BCUT2D eigenvalue weighted by atomic mass is 35.5. The Morgan fingerprint density at radius 3 is 2.81 bits per heavy atom. The molecular formula is C16H16ClNO3. The maximum atomic E-state index is 11.5. The standard InChI is InChI=1S/C16H16ClNO3/c1-10-6-7-11(16(20)21-2)8-14(10)18-9-12-4-3-5-13(17)15(12)19/h3-8,18-19H,9H2,1-2H3. The van der Waals surface area contributed by atoms with Crippen LogP contribution >= 0.6 is 11.6 Å². The van der Waals surface area contributed by atoms with Crippen LogP contribution in [0.3, 0.4) is 0 Å². The third-order valence-electron chi connectivity index (χ3n) is 3.20. The highest BCUT2D eigenvalue weighted by Gasteiger charge is 2.09. The fourth-order valence-electron chi connectivity index (χ4n) is 1.95. The molecule has 0 atom stereocenters. The van der Waals surface area contributed by atoms with E-state index in [-0.39, 0.29) is 11.7 Å². The van der Waals surface area contributed by atoms with E-state index in [0.717, 1.165) is 11.3 Å². The van der Waals surface area contributed by atoms with E-state index in [1.807, 2.05) is 13.0 Å². The van der Waals surface area contributed by atoms with Gasteiger partial charge in [0.1, 0.15) is 5.75 Å². The van der Waals surface area contributed by atoms with Crippen molar-refractivity contribution >= 4 is 23.3 Å². The number of rotatable bonds is 4. The predicted octanol–water partition coefficient (Wildman–Crippen LogP) is 3.75. The first kappa shape index (κ1) is 15.2. The van der Waals surface area contributed by atoms with Crippen LogP contribution in [0.25, 0.3) is 0 Å². The Morgan fingerprint density at radius 1 is 1.33 bits per heavy atom. The summed E-state index contributed by atoms with van der Waals surface area (Å²) < 4.78 is 4.70. The molecule has 5 heteroatoms. The first-order chi connectivity index (χ1) is 10.0. The second kappa shape index (κ2) is 6.50. The molecular weight excluding hydrogens is 290 g/mol. The summed E-state index contributed by atoms with van der Waals surface area (Å²) in [7, 11) is 1.35. The maximum absolute atomic E-state index is 11.5. The quantitative estimate of drug-likeness (QED) is 0.845. The van der Waals surface area contributed by atoms with Crippen molar-refractivity contribution in [1.82, 2.24) is 0 Å². The zero-order valence-electron chi connectivity index (χ0n) is 11.8. The molecule has 2 aromatic rings. The third-order valence-corrected chi connectivity index (χ3v) is 3.50. The number of nitrogens with one attached hydrogen (secondary N) is 1. The second-order valence-corrected chi connectivity index (χ2v) is 5.03. The summed E-state index contributed by atoms with van der Waals surface area (Å²) in [6.07, 6.45) is 0. The summed E-state index contributed by atoms with van der Waals surface area (Å²) in [4.78, 5) is 11.5. The van der Waals surface area contributed by atoms with Gasteiger partial charge in [0.25, 0.3) is 0 Å². The van der Waals surface area contributed by atoms with Crippen LogP contribution in [-0.4, -0.2) is 18.2 Å². The number of hydrogen-bond acceptors (Lipinski definition) is 4. The molecule has 110 valence electrons. The summed E-state index contributed by atoms with van der Waals surface area (Å²) in [5.41, 5.74) is 2.95. The van der Waals surface area contributed by atoms with E-state index < -0.39 is 0 Å². The molecule has 0 unspecified atom stereocenters. The molecule has 0 aliphatic carbocycles. The van der Waals surface area contributed by atoms with E-state index in [4.69, 9.17) is 16.3 Å². The number of carbonyl (C=O) groups excluding carboxylic acids is 1. The van der Waals surface area contributed by atoms with Crippen LogP contribution in [0.2, 0.25) is 5.02 Å². The Hall–Kier alpha value is -2.20. The van der Waals surface area contributed by atoms with E-state index in [1.165, 1.54) is 7.11 Å². The van der Waals surface area contributed by atoms with Crippen LogP contribution < -0.4 is 5.32 Å². The van der Waals surface area contributed by atoms with Crippen LogP contribution in [0, 0.1) is 6.92 Å². The normalized spacial score (nSPS) is 10.2. The minimum absolute atomic E-state index is 0.0634. The Balaban J connectivity index is 2.19. The molecule has 2 rings (SSSR count). The van der Waals surface area contributed by atoms with Crippen molar-refractivity contribution in [2.24, 2.45) is 0 Å². The van der Waals surface area contributed by atoms with E-state index >= 15 is 0 Å². The minimum atomic E-state index is -0.386. The first-order valence-electron chi connectivity index (χ1n) is 6.42. The lowest BCUT2D eigenvalue weighted by atomic mass is 10.1. The molecule has 0 fully saturated rings. The van der Waals surface area contributed by atoms with Crippen molar-refractivity contribution in [3.63, 3.8) is 0 Å². The largest absolute Gasteiger partial charge is 0.506 e. The number of aromatic hydroxyl groups is 1. The molecule has 0 amide bonds. The lowest BCUT2D eigenvalue weighted by Gasteiger charge is -2.12. The van der Waals surface area contributed by atoms with Crippen molar-refractivity contribution in [3.05, 3.63) is 58.1 Å². The zero-order chi connectivity index (χ0) is 15.4. The summed E-state index contributed by atoms with van der Waals surface area (Å²) in [6, 6.07) is 10.5. The summed E-state index contributed by atoms with van der Waals surface area (Å²) in [5.74, 6) is -0.322. The van der Waals surface area contributed by atoms with Gasteiger partial charge >= 0.3 is 5.97 Å².